The molecule has 1 aromatic carbocycles. The minimum atomic E-state index is -0.789. The Morgan fingerprint density at radius 3 is 2.73 bits per heavy atom. The molecular formula is C22H29NO3. The van der Waals surface area contributed by atoms with Gasteiger partial charge in [-0.25, -0.2) is 0 Å². The van der Waals surface area contributed by atoms with E-state index in [9.17, 15) is 9.90 Å². The third-order valence-electron chi connectivity index (χ3n) is 7.93. The van der Waals surface area contributed by atoms with Crippen molar-refractivity contribution in [2.45, 2.75) is 74.8 Å². The first kappa shape index (κ1) is 16.6. The molecule has 1 saturated heterocycles. The predicted molar refractivity (Wildman–Crippen MR) is 99.3 cm³/mol. The number of nitrogens with zero attached hydrogens (tertiary/aromatic N) is 1. The highest BCUT2D eigenvalue weighted by Gasteiger charge is 2.64. The average Bonchev–Trinajstić information content (AvgIpc) is 2.59. The van der Waals surface area contributed by atoms with Gasteiger partial charge in [0.25, 0.3) is 0 Å². The van der Waals surface area contributed by atoms with Crippen LogP contribution in [0.1, 0.15) is 62.5 Å². The second-order valence-corrected chi connectivity index (χ2v) is 8.87. The number of hydrogen-bond donors (Lipinski definition) is 1. The molecule has 1 amide bonds. The molecule has 0 spiro atoms. The monoisotopic (exact) mass is 355 g/mol. The molecule has 1 aromatic rings. The molecule has 3 unspecified atom stereocenters. The van der Waals surface area contributed by atoms with Gasteiger partial charge in [0.2, 0.25) is 5.91 Å². The van der Waals surface area contributed by atoms with E-state index in [2.05, 4.69) is 17.0 Å². The number of fused-ring (bicyclic) bond motifs is 1. The first-order valence-corrected chi connectivity index (χ1v) is 10.3. The number of amides is 1. The molecule has 5 rings (SSSR count). The average molecular weight is 355 g/mol. The normalized spacial score (nSPS) is 35.9. The number of likely N-dealkylation sites (tertiary alicyclic amines) is 1. The van der Waals surface area contributed by atoms with E-state index in [1.54, 1.807) is 7.11 Å². The van der Waals surface area contributed by atoms with Gasteiger partial charge in [-0.2, -0.15) is 0 Å². The number of carbonyl (C=O) groups is 1. The summed E-state index contributed by atoms with van der Waals surface area (Å²) in [6.07, 6.45) is 8.91. The van der Waals surface area contributed by atoms with Crippen LogP contribution < -0.4 is 4.74 Å². The molecule has 3 aliphatic carbocycles. The Bertz CT molecular complexity index is 743. The molecular weight excluding hydrogens is 326 g/mol. The number of benzene rings is 1. The molecule has 4 heteroatoms. The zero-order valence-corrected chi connectivity index (χ0v) is 15.7. The lowest BCUT2D eigenvalue weighted by Crippen LogP contribution is -2.73. The first-order chi connectivity index (χ1) is 12.6. The highest BCUT2D eigenvalue weighted by molar-refractivity contribution is 5.80. The van der Waals surface area contributed by atoms with Crippen molar-refractivity contribution in [2.24, 2.45) is 5.92 Å². The van der Waals surface area contributed by atoms with E-state index in [0.29, 0.717) is 5.91 Å². The number of methoxy groups -OCH3 is 1. The predicted octanol–water partition coefficient (Wildman–Crippen LogP) is 3.20. The van der Waals surface area contributed by atoms with Crippen LogP contribution in [0.15, 0.2) is 18.2 Å². The lowest BCUT2D eigenvalue weighted by atomic mass is 9.49. The Morgan fingerprint density at radius 2 is 2.00 bits per heavy atom. The smallest absolute Gasteiger partial charge is 0.226 e. The van der Waals surface area contributed by atoms with Crippen LogP contribution in [0.4, 0.5) is 0 Å². The van der Waals surface area contributed by atoms with Gasteiger partial charge in [-0.15, -0.1) is 0 Å². The van der Waals surface area contributed by atoms with Crippen molar-refractivity contribution in [2.75, 3.05) is 13.7 Å². The van der Waals surface area contributed by atoms with Crippen LogP contribution in [0.2, 0.25) is 0 Å². The summed E-state index contributed by atoms with van der Waals surface area (Å²) in [6, 6.07) is 6.28. The van der Waals surface area contributed by atoms with Crippen LogP contribution >= 0.6 is 0 Å². The molecule has 4 aliphatic rings. The van der Waals surface area contributed by atoms with Crippen molar-refractivity contribution in [1.29, 1.82) is 0 Å². The number of piperidine rings is 1. The van der Waals surface area contributed by atoms with E-state index >= 15 is 0 Å². The van der Waals surface area contributed by atoms with Crippen LogP contribution in [0.3, 0.4) is 0 Å². The Kier molecular flexibility index (Phi) is 3.66. The van der Waals surface area contributed by atoms with Gasteiger partial charge in [-0.1, -0.05) is 25.3 Å². The highest BCUT2D eigenvalue weighted by atomic mass is 16.5. The van der Waals surface area contributed by atoms with Crippen LogP contribution in [0.5, 0.6) is 5.75 Å². The fourth-order valence-corrected chi connectivity index (χ4v) is 6.28. The number of rotatable bonds is 2. The molecule has 1 aliphatic heterocycles. The molecule has 1 N–H and O–H groups in total. The van der Waals surface area contributed by atoms with Gasteiger partial charge in [0, 0.05) is 17.9 Å². The topological polar surface area (TPSA) is 49.8 Å². The molecule has 140 valence electrons. The molecule has 3 fully saturated rings. The van der Waals surface area contributed by atoms with Crippen molar-refractivity contribution in [1.82, 2.24) is 4.90 Å². The third-order valence-corrected chi connectivity index (χ3v) is 7.93. The van der Waals surface area contributed by atoms with Crippen LogP contribution in [-0.4, -0.2) is 41.2 Å². The maximum Gasteiger partial charge on any atom is 0.226 e. The maximum atomic E-state index is 13.1. The van der Waals surface area contributed by atoms with Crippen molar-refractivity contribution >= 4 is 5.91 Å². The van der Waals surface area contributed by atoms with Crippen LogP contribution in [-0.2, 0) is 16.6 Å². The molecule has 0 radical (unpaired) electrons. The van der Waals surface area contributed by atoms with Gasteiger partial charge in [-0.05, 0) is 61.8 Å². The van der Waals surface area contributed by atoms with Gasteiger partial charge >= 0.3 is 0 Å². The largest absolute Gasteiger partial charge is 0.497 e. The quantitative estimate of drug-likeness (QED) is 0.886. The van der Waals surface area contributed by atoms with Gasteiger partial charge in [0.15, 0.2) is 0 Å². The van der Waals surface area contributed by atoms with Crippen molar-refractivity contribution in [3.63, 3.8) is 0 Å². The molecule has 26 heavy (non-hydrogen) atoms. The number of aliphatic hydroxyl groups is 1. The van der Waals surface area contributed by atoms with Crippen molar-refractivity contribution in [3.8, 4) is 5.75 Å². The standard InChI is InChI=1S/C22H29NO3/c1-26-17-8-7-16-13-19-22(25)10-3-2-9-21(22,18(16)14-17)11-12-23(19)20(24)15-5-4-6-15/h7-8,14-15,19,25H,2-6,9-13H2,1H3. The van der Waals surface area contributed by atoms with E-state index in [0.717, 1.165) is 63.7 Å². The van der Waals surface area contributed by atoms with Gasteiger partial charge < -0.3 is 14.7 Å². The zero-order valence-electron chi connectivity index (χ0n) is 15.7. The summed E-state index contributed by atoms with van der Waals surface area (Å²) in [5, 5.41) is 12.0. The van der Waals surface area contributed by atoms with E-state index in [1.807, 2.05) is 6.07 Å². The number of ether oxygens (including phenoxy) is 1. The second-order valence-electron chi connectivity index (χ2n) is 8.87. The molecule has 3 atom stereocenters. The summed E-state index contributed by atoms with van der Waals surface area (Å²) in [7, 11) is 1.71. The van der Waals surface area contributed by atoms with E-state index < -0.39 is 5.60 Å². The SMILES string of the molecule is COc1ccc2c(c1)C13CCCCC1(O)C(C2)N(C(=O)C1CCC1)CC3. The Labute approximate surface area is 155 Å². The van der Waals surface area contributed by atoms with E-state index in [-0.39, 0.29) is 17.4 Å². The Balaban J connectivity index is 1.61. The van der Waals surface area contributed by atoms with Crippen molar-refractivity contribution in [3.05, 3.63) is 29.3 Å². The minimum Gasteiger partial charge on any atom is -0.497 e. The Hall–Kier alpha value is -1.55. The summed E-state index contributed by atoms with van der Waals surface area (Å²) in [5.74, 6) is 1.37. The van der Waals surface area contributed by atoms with Gasteiger partial charge in [-0.3, -0.25) is 4.79 Å². The lowest BCUT2D eigenvalue weighted by Gasteiger charge is -2.64. The molecule has 1 heterocycles. The first-order valence-electron chi connectivity index (χ1n) is 10.3. The maximum absolute atomic E-state index is 13.1. The molecule has 2 saturated carbocycles. The summed E-state index contributed by atoms with van der Waals surface area (Å²) >= 11 is 0. The third kappa shape index (κ3) is 2.02. The summed E-state index contributed by atoms with van der Waals surface area (Å²) in [6.45, 7) is 0.791. The highest BCUT2D eigenvalue weighted by Crippen LogP contribution is 2.58. The Morgan fingerprint density at radius 1 is 1.19 bits per heavy atom. The molecule has 0 aromatic heterocycles. The second kappa shape index (κ2) is 5.72. The van der Waals surface area contributed by atoms with Crippen molar-refractivity contribution < 1.29 is 14.6 Å². The van der Waals surface area contributed by atoms with Gasteiger partial charge in [0.1, 0.15) is 5.75 Å². The number of hydrogen-bond acceptors (Lipinski definition) is 3. The summed E-state index contributed by atoms with van der Waals surface area (Å²) < 4.78 is 5.49. The number of carbonyl (C=O) groups excluding carboxylic acids is 1. The fraction of sp³-hybridized carbons (Fsp3) is 0.682. The zero-order chi connectivity index (χ0) is 17.9. The minimum absolute atomic E-state index is 0.0643. The van der Waals surface area contributed by atoms with Gasteiger partial charge in [0.05, 0.1) is 18.8 Å². The summed E-state index contributed by atoms with van der Waals surface area (Å²) in [4.78, 5) is 15.2. The van der Waals surface area contributed by atoms with E-state index in [1.165, 1.54) is 17.5 Å². The van der Waals surface area contributed by atoms with Crippen LogP contribution in [0.25, 0.3) is 0 Å². The van der Waals surface area contributed by atoms with Crippen LogP contribution in [0, 0.1) is 5.92 Å². The summed E-state index contributed by atoms with van der Waals surface area (Å²) in [5.41, 5.74) is 1.58. The lowest BCUT2D eigenvalue weighted by molar-refractivity contribution is -0.182. The molecule has 2 bridgehead atoms. The van der Waals surface area contributed by atoms with E-state index in [4.69, 9.17) is 4.74 Å². The molecule has 4 nitrogen and oxygen atoms in total. The fourth-order valence-electron chi connectivity index (χ4n) is 6.28.